The lowest BCUT2D eigenvalue weighted by atomic mass is 10.0. The molecular formula is C62H122N2O7P+. The van der Waals surface area contributed by atoms with Gasteiger partial charge in [-0.3, -0.25) is 18.6 Å². The zero-order valence-corrected chi connectivity index (χ0v) is 49.6. The van der Waals surface area contributed by atoms with Gasteiger partial charge in [0, 0.05) is 12.8 Å². The summed E-state index contributed by atoms with van der Waals surface area (Å²) in [5.41, 5.74) is 0. The number of unbranched alkanes of at least 4 members (excludes halogenated alkanes) is 39. The average molecular weight is 1040 g/mol. The number of quaternary nitrogens is 1. The summed E-state index contributed by atoms with van der Waals surface area (Å²) in [6.45, 7) is 7.05. The molecular weight excluding hydrogens is 916 g/mol. The standard InChI is InChI=1S/C62H121N2O7P/c1-7-10-13-16-19-22-25-28-30-31-32-33-35-37-40-43-46-49-52-55-62(66)71-60(53-50-47-44-41-38-27-24-21-18-15-12-9-3)59(58-70-72(67,68)69-57-56-64(4,5)6)63-61(65)54-51-48-45-42-39-36-34-29-26-23-20-17-14-11-8-2/h28,30,50,53,59-60H,7-27,29,31-49,51-52,54-58H2,1-6H3,(H-,63,65,67,68)/p+1/b30-28+,53-50+. The van der Waals surface area contributed by atoms with E-state index >= 15 is 0 Å². The van der Waals surface area contributed by atoms with Crippen LogP contribution in [0.25, 0.3) is 0 Å². The van der Waals surface area contributed by atoms with Crippen molar-refractivity contribution in [3.8, 4) is 0 Å². The molecule has 3 unspecified atom stereocenters. The van der Waals surface area contributed by atoms with Crippen LogP contribution >= 0.6 is 7.82 Å². The van der Waals surface area contributed by atoms with Crippen molar-refractivity contribution in [3.05, 3.63) is 24.3 Å². The van der Waals surface area contributed by atoms with Crippen LogP contribution in [0.4, 0.5) is 0 Å². The molecule has 0 fully saturated rings. The van der Waals surface area contributed by atoms with Gasteiger partial charge in [0.15, 0.2) is 0 Å². The fraction of sp³-hybridized carbons (Fsp3) is 0.903. The Morgan fingerprint density at radius 1 is 0.472 bits per heavy atom. The minimum atomic E-state index is -4.44. The van der Waals surface area contributed by atoms with E-state index in [0.717, 1.165) is 57.8 Å². The second-order valence-electron chi connectivity index (χ2n) is 22.6. The molecule has 2 N–H and O–H groups in total. The van der Waals surface area contributed by atoms with Gasteiger partial charge in [-0.15, -0.1) is 0 Å². The summed E-state index contributed by atoms with van der Waals surface area (Å²) >= 11 is 0. The van der Waals surface area contributed by atoms with Crippen molar-refractivity contribution in [2.24, 2.45) is 0 Å². The Morgan fingerprint density at radius 2 is 0.806 bits per heavy atom. The van der Waals surface area contributed by atoms with Crippen molar-refractivity contribution < 1.29 is 37.3 Å². The van der Waals surface area contributed by atoms with Crippen molar-refractivity contribution in [3.63, 3.8) is 0 Å². The maximum Gasteiger partial charge on any atom is 0.472 e. The first-order valence-corrected chi connectivity index (χ1v) is 32.7. The summed E-state index contributed by atoms with van der Waals surface area (Å²) in [6, 6.07) is -0.842. The van der Waals surface area contributed by atoms with E-state index in [2.05, 4.69) is 38.2 Å². The molecule has 0 aliphatic heterocycles. The number of likely N-dealkylation sites (N-methyl/N-ethyl adjacent to an activating group) is 1. The molecule has 3 atom stereocenters. The van der Waals surface area contributed by atoms with Crippen molar-refractivity contribution >= 4 is 19.7 Å². The first-order chi connectivity index (χ1) is 34.9. The molecule has 0 rings (SSSR count). The molecule has 10 heteroatoms. The normalized spacial score (nSPS) is 13.8. The largest absolute Gasteiger partial charge is 0.472 e. The smallest absolute Gasteiger partial charge is 0.456 e. The quantitative estimate of drug-likeness (QED) is 0.0205. The number of esters is 1. The molecule has 0 saturated carbocycles. The van der Waals surface area contributed by atoms with Crippen molar-refractivity contribution in [2.75, 3.05) is 40.9 Å². The Hall–Kier alpha value is -1.51. The highest BCUT2D eigenvalue weighted by atomic mass is 31.2. The molecule has 0 aromatic rings. The summed E-state index contributed by atoms with van der Waals surface area (Å²) in [5.74, 6) is -0.491. The molecule has 0 spiro atoms. The van der Waals surface area contributed by atoms with E-state index in [1.54, 1.807) is 0 Å². The van der Waals surface area contributed by atoms with E-state index in [1.165, 1.54) is 218 Å². The Kier molecular flexibility index (Phi) is 51.8. The summed E-state index contributed by atoms with van der Waals surface area (Å²) in [5, 5.41) is 3.06. The van der Waals surface area contributed by atoms with E-state index in [9.17, 15) is 19.0 Å². The molecule has 0 aromatic heterocycles. The van der Waals surface area contributed by atoms with Crippen LogP contribution in [-0.2, 0) is 27.9 Å². The second-order valence-corrected chi connectivity index (χ2v) is 24.0. The van der Waals surface area contributed by atoms with E-state index in [4.69, 9.17) is 13.8 Å². The number of hydrogen-bond acceptors (Lipinski definition) is 6. The molecule has 426 valence electrons. The van der Waals surface area contributed by atoms with Crippen molar-refractivity contribution in [1.29, 1.82) is 0 Å². The van der Waals surface area contributed by atoms with Gasteiger partial charge in [-0.2, -0.15) is 0 Å². The zero-order valence-electron chi connectivity index (χ0n) is 48.7. The van der Waals surface area contributed by atoms with E-state index in [-0.39, 0.29) is 25.1 Å². The molecule has 0 aromatic carbocycles. The minimum absolute atomic E-state index is 0.0436. The number of rotatable bonds is 57. The third kappa shape index (κ3) is 53.3. The van der Waals surface area contributed by atoms with Crippen LogP contribution < -0.4 is 5.32 Å². The van der Waals surface area contributed by atoms with E-state index in [1.807, 2.05) is 33.3 Å². The maximum absolute atomic E-state index is 13.5. The second kappa shape index (κ2) is 52.9. The number of hydrogen-bond donors (Lipinski definition) is 2. The highest BCUT2D eigenvalue weighted by Crippen LogP contribution is 2.43. The van der Waals surface area contributed by atoms with E-state index < -0.39 is 20.0 Å². The topological polar surface area (TPSA) is 111 Å². The maximum atomic E-state index is 13.5. The number of carbonyl (C=O) groups excluding carboxylic acids is 2. The predicted molar refractivity (Wildman–Crippen MR) is 310 cm³/mol. The SMILES string of the molecule is CCCCCCCC/C=C/CCCCCCCCCCCC(=O)OC(/C=C/CCCCCCCCCCCC)C(COP(=O)(O)OCC[N+](C)(C)C)NC(=O)CCCCCCCCCCCCCCCCC. The van der Waals surface area contributed by atoms with Gasteiger partial charge >= 0.3 is 13.8 Å². The third-order valence-electron chi connectivity index (χ3n) is 14.1. The molecule has 72 heavy (non-hydrogen) atoms. The van der Waals surface area contributed by atoms with Gasteiger partial charge in [0.05, 0.1) is 33.8 Å². The Balaban J connectivity index is 5.22. The first-order valence-electron chi connectivity index (χ1n) is 31.2. The fourth-order valence-electron chi connectivity index (χ4n) is 9.29. The van der Waals surface area contributed by atoms with Crippen LogP contribution in [0.2, 0.25) is 0 Å². The number of nitrogens with zero attached hydrogens (tertiary/aromatic N) is 1. The zero-order chi connectivity index (χ0) is 52.9. The van der Waals surface area contributed by atoms with Crippen LogP contribution in [-0.4, -0.2) is 74.3 Å². The molecule has 0 bridgehead atoms. The number of amides is 1. The predicted octanol–water partition coefficient (Wildman–Crippen LogP) is 18.9. The highest BCUT2D eigenvalue weighted by Gasteiger charge is 2.30. The molecule has 1 amide bonds. The average Bonchev–Trinajstić information content (AvgIpc) is 3.34. The van der Waals surface area contributed by atoms with Gasteiger partial charge in [-0.05, 0) is 57.4 Å². The number of phosphoric ester groups is 1. The van der Waals surface area contributed by atoms with Gasteiger partial charge in [-0.1, -0.05) is 264 Å². The molecule has 9 nitrogen and oxygen atoms in total. The van der Waals surface area contributed by atoms with Gasteiger partial charge in [-0.25, -0.2) is 4.57 Å². The van der Waals surface area contributed by atoms with Crippen LogP contribution in [0.3, 0.4) is 0 Å². The lowest BCUT2D eigenvalue weighted by molar-refractivity contribution is -0.870. The number of phosphoric acid groups is 1. The molecule has 0 radical (unpaired) electrons. The first kappa shape index (κ1) is 70.5. The number of carbonyl (C=O) groups is 2. The molecule has 0 aliphatic carbocycles. The van der Waals surface area contributed by atoms with Crippen molar-refractivity contribution in [2.45, 2.75) is 322 Å². The van der Waals surface area contributed by atoms with Gasteiger partial charge in [0.25, 0.3) is 0 Å². The molecule has 0 aliphatic rings. The molecule has 0 heterocycles. The summed E-state index contributed by atoms with van der Waals surface area (Å²) in [6.07, 6.45) is 61.7. The summed E-state index contributed by atoms with van der Waals surface area (Å²) in [7, 11) is 1.51. The minimum Gasteiger partial charge on any atom is -0.456 e. The number of nitrogens with one attached hydrogen (secondary N) is 1. The van der Waals surface area contributed by atoms with Crippen LogP contribution in [0.15, 0.2) is 24.3 Å². The summed E-state index contributed by atoms with van der Waals surface area (Å²) < 4.78 is 30.7. The summed E-state index contributed by atoms with van der Waals surface area (Å²) in [4.78, 5) is 37.7. The van der Waals surface area contributed by atoms with Crippen LogP contribution in [0, 0.1) is 0 Å². The lowest BCUT2D eigenvalue weighted by Crippen LogP contribution is -2.47. The lowest BCUT2D eigenvalue weighted by Gasteiger charge is -2.27. The monoisotopic (exact) mass is 1040 g/mol. The van der Waals surface area contributed by atoms with E-state index in [0.29, 0.717) is 23.9 Å². The van der Waals surface area contributed by atoms with Gasteiger partial charge < -0.3 is 19.4 Å². The highest BCUT2D eigenvalue weighted by molar-refractivity contribution is 7.47. The fourth-order valence-corrected chi connectivity index (χ4v) is 10.0. The third-order valence-corrected chi connectivity index (χ3v) is 15.1. The Bertz CT molecular complexity index is 1290. The van der Waals surface area contributed by atoms with Crippen molar-refractivity contribution in [1.82, 2.24) is 5.32 Å². The Labute approximate surface area is 447 Å². The van der Waals surface area contributed by atoms with Gasteiger partial charge in [0.1, 0.15) is 19.3 Å². The Morgan fingerprint density at radius 3 is 1.18 bits per heavy atom. The number of allylic oxidation sites excluding steroid dienone is 3. The van der Waals surface area contributed by atoms with Crippen LogP contribution in [0.1, 0.15) is 310 Å². The molecule has 0 saturated heterocycles. The van der Waals surface area contributed by atoms with Gasteiger partial charge in [0.2, 0.25) is 5.91 Å². The van der Waals surface area contributed by atoms with Crippen LogP contribution in [0.5, 0.6) is 0 Å². The number of ether oxygens (including phenoxy) is 1.